The molecule has 8 nitrogen and oxygen atoms in total. The Balaban J connectivity index is 1.64. The highest BCUT2D eigenvalue weighted by Gasteiger charge is 2.16. The molecule has 0 saturated heterocycles. The zero-order chi connectivity index (χ0) is 23.3. The summed E-state index contributed by atoms with van der Waals surface area (Å²) in [6.07, 6.45) is 2.72. The Morgan fingerprint density at radius 3 is 2.44 bits per heavy atom. The van der Waals surface area contributed by atoms with Crippen LogP contribution in [0.15, 0.2) is 60.0 Å². The molecule has 0 aliphatic heterocycles. The number of nitrogens with zero attached hydrogens (tertiary/aromatic N) is 3. The molecule has 0 fully saturated rings. The molecule has 170 valence electrons. The summed E-state index contributed by atoms with van der Waals surface area (Å²) in [5, 5.41) is 11.6. The number of sulfonamides is 1. The molecule has 0 bridgehead atoms. The van der Waals surface area contributed by atoms with Gasteiger partial charge in [-0.25, -0.2) is 8.42 Å². The van der Waals surface area contributed by atoms with Gasteiger partial charge in [0.05, 0.1) is 23.7 Å². The lowest BCUT2D eigenvalue weighted by Crippen LogP contribution is -2.29. The minimum absolute atomic E-state index is 0.148. The Morgan fingerprint density at radius 1 is 1.09 bits per heavy atom. The number of hydrogen-bond acceptors (Lipinski definition) is 6. The topological polar surface area (TPSA) is 106 Å². The van der Waals surface area contributed by atoms with Crippen molar-refractivity contribution in [2.45, 2.75) is 37.9 Å². The van der Waals surface area contributed by atoms with E-state index in [1.165, 1.54) is 17.3 Å². The second-order valence-corrected chi connectivity index (χ2v) is 10.5. The molecule has 1 heterocycles. The first-order valence-electron chi connectivity index (χ1n) is 10.1. The minimum atomic E-state index is -3.43. The van der Waals surface area contributed by atoms with Crippen molar-refractivity contribution in [2.75, 3.05) is 16.7 Å². The van der Waals surface area contributed by atoms with Crippen LogP contribution in [0, 0.1) is 0 Å². The number of nitrogens with one attached hydrogen (secondary N) is 2. The fraction of sp³-hybridized carbons (Fsp3) is 0.318. The van der Waals surface area contributed by atoms with Crippen LogP contribution in [0.1, 0.15) is 43.9 Å². The van der Waals surface area contributed by atoms with Crippen LogP contribution in [-0.2, 0) is 14.8 Å². The molecule has 2 aromatic carbocycles. The van der Waals surface area contributed by atoms with Crippen LogP contribution in [0.4, 0.5) is 5.69 Å². The smallest absolute Gasteiger partial charge is 0.230 e. The molecule has 32 heavy (non-hydrogen) atoms. The normalized spacial score (nSPS) is 12.5. The van der Waals surface area contributed by atoms with Gasteiger partial charge in [-0.1, -0.05) is 55.9 Å². The quantitative estimate of drug-likeness (QED) is 0.459. The Hall–Kier alpha value is -2.85. The average Bonchev–Trinajstić information content (AvgIpc) is 3.20. The number of para-hydroxylation sites is 1. The fourth-order valence-electron chi connectivity index (χ4n) is 3.18. The van der Waals surface area contributed by atoms with Gasteiger partial charge in [0.25, 0.3) is 0 Å². The zero-order valence-electron chi connectivity index (χ0n) is 18.4. The van der Waals surface area contributed by atoms with Crippen molar-refractivity contribution < 1.29 is 13.2 Å². The van der Waals surface area contributed by atoms with Gasteiger partial charge in [0, 0.05) is 5.69 Å². The summed E-state index contributed by atoms with van der Waals surface area (Å²) in [5.41, 5.74) is 3.30. The van der Waals surface area contributed by atoms with Gasteiger partial charge in [0.1, 0.15) is 6.33 Å². The third-order valence-corrected chi connectivity index (χ3v) is 6.32. The second kappa shape index (κ2) is 10.2. The van der Waals surface area contributed by atoms with E-state index in [1.54, 1.807) is 30.6 Å². The van der Waals surface area contributed by atoms with Crippen LogP contribution in [0.3, 0.4) is 0 Å². The van der Waals surface area contributed by atoms with E-state index in [1.807, 2.05) is 23.6 Å². The van der Waals surface area contributed by atoms with Crippen molar-refractivity contribution in [3.63, 3.8) is 0 Å². The van der Waals surface area contributed by atoms with Crippen molar-refractivity contribution in [1.82, 2.24) is 20.1 Å². The number of aromatic nitrogens is 3. The van der Waals surface area contributed by atoms with Crippen molar-refractivity contribution in [2.24, 2.45) is 0 Å². The number of benzene rings is 2. The fourth-order valence-corrected chi connectivity index (χ4v) is 4.50. The van der Waals surface area contributed by atoms with E-state index in [4.69, 9.17) is 0 Å². The maximum absolute atomic E-state index is 12.6. The molecule has 0 saturated carbocycles. The Kier molecular flexibility index (Phi) is 7.57. The maximum atomic E-state index is 12.6. The lowest BCUT2D eigenvalue weighted by Gasteiger charge is -2.18. The molecule has 0 aliphatic carbocycles. The van der Waals surface area contributed by atoms with Gasteiger partial charge < -0.3 is 5.32 Å². The van der Waals surface area contributed by atoms with Crippen LogP contribution < -0.4 is 10.0 Å². The number of anilines is 1. The monoisotopic (exact) mass is 473 g/mol. The van der Waals surface area contributed by atoms with Crippen LogP contribution in [0.5, 0.6) is 0 Å². The molecule has 1 amide bonds. The van der Waals surface area contributed by atoms with Crippen LogP contribution in [0.2, 0.25) is 0 Å². The predicted molar refractivity (Wildman–Crippen MR) is 128 cm³/mol. The third kappa shape index (κ3) is 6.33. The molecule has 0 spiro atoms. The van der Waals surface area contributed by atoms with Crippen molar-refractivity contribution in [1.29, 1.82) is 0 Å². The maximum Gasteiger partial charge on any atom is 0.230 e. The molecular weight excluding hydrogens is 446 g/mol. The van der Waals surface area contributed by atoms with Gasteiger partial charge in [-0.3, -0.25) is 14.1 Å². The molecule has 2 N–H and O–H groups in total. The predicted octanol–water partition coefficient (Wildman–Crippen LogP) is 3.73. The molecule has 3 rings (SSSR count). The lowest BCUT2D eigenvalue weighted by atomic mass is 10.0. The first-order chi connectivity index (χ1) is 15.1. The Morgan fingerprint density at radius 2 is 1.78 bits per heavy atom. The number of amides is 1. The third-order valence-electron chi connectivity index (χ3n) is 4.79. The molecule has 1 unspecified atom stereocenters. The number of carbonyl (C=O) groups is 1. The molecule has 1 atom stereocenters. The second-order valence-electron chi connectivity index (χ2n) is 7.77. The first kappa shape index (κ1) is 23.8. The van der Waals surface area contributed by atoms with Gasteiger partial charge in [0.2, 0.25) is 15.9 Å². The van der Waals surface area contributed by atoms with Crippen molar-refractivity contribution in [3.05, 3.63) is 66.0 Å². The summed E-state index contributed by atoms with van der Waals surface area (Å²) in [7, 11) is -3.43. The van der Waals surface area contributed by atoms with Gasteiger partial charge in [-0.2, -0.15) is 0 Å². The standard InChI is InChI=1S/C22H27N5O3S2/c1-15(2)17-9-11-18(12-10-17)27-14-23-25-22(27)31-13-21(28)24-16(3)19-7-5-6-8-20(19)26-32(4,29)30/h5-12,14-16,26H,13H2,1-4H3,(H,24,28). The van der Waals surface area contributed by atoms with Crippen LogP contribution in [-0.4, -0.2) is 41.1 Å². The van der Waals surface area contributed by atoms with E-state index in [-0.39, 0.29) is 17.7 Å². The summed E-state index contributed by atoms with van der Waals surface area (Å²) >= 11 is 1.28. The summed E-state index contributed by atoms with van der Waals surface area (Å²) in [6, 6.07) is 14.8. The number of carbonyl (C=O) groups excluding carboxylic acids is 1. The number of thioether (sulfide) groups is 1. The largest absolute Gasteiger partial charge is 0.349 e. The van der Waals surface area contributed by atoms with Gasteiger partial charge in [-0.15, -0.1) is 10.2 Å². The number of rotatable bonds is 9. The summed E-state index contributed by atoms with van der Waals surface area (Å²) in [4.78, 5) is 12.6. The van der Waals surface area contributed by atoms with Crippen LogP contribution >= 0.6 is 11.8 Å². The molecule has 0 aliphatic rings. The molecular formula is C22H27N5O3S2. The molecule has 1 aromatic heterocycles. The Bertz CT molecular complexity index is 1170. The van der Waals surface area contributed by atoms with E-state index in [0.29, 0.717) is 22.3 Å². The molecule has 0 radical (unpaired) electrons. The van der Waals surface area contributed by atoms with Gasteiger partial charge in [-0.05, 0) is 42.2 Å². The zero-order valence-corrected chi connectivity index (χ0v) is 20.1. The highest BCUT2D eigenvalue weighted by molar-refractivity contribution is 7.99. The van der Waals surface area contributed by atoms with Gasteiger partial charge >= 0.3 is 0 Å². The van der Waals surface area contributed by atoms with Crippen molar-refractivity contribution >= 4 is 33.4 Å². The van der Waals surface area contributed by atoms with Crippen molar-refractivity contribution in [3.8, 4) is 5.69 Å². The number of hydrogen-bond donors (Lipinski definition) is 2. The lowest BCUT2D eigenvalue weighted by molar-refractivity contribution is -0.119. The molecule has 3 aromatic rings. The Labute approximate surface area is 192 Å². The van der Waals surface area contributed by atoms with E-state index in [0.717, 1.165) is 11.9 Å². The first-order valence-corrected chi connectivity index (χ1v) is 13.0. The minimum Gasteiger partial charge on any atom is -0.349 e. The summed E-state index contributed by atoms with van der Waals surface area (Å²) < 4.78 is 27.6. The van der Waals surface area contributed by atoms with E-state index in [9.17, 15) is 13.2 Å². The molecule has 10 heteroatoms. The van der Waals surface area contributed by atoms with Crippen LogP contribution in [0.25, 0.3) is 5.69 Å². The van der Waals surface area contributed by atoms with E-state index >= 15 is 0 Å². The summed E-state index contributed by atoms with van der Waals surface area (Å²) in [6.45, 7) is 6.10. The highest BCUT2D eigenvalue weighted by Crippen LogP contribution is 2.25. The average molecular weight is 474 g/mol. The highest BCUT2D eigenvalue weighted by atomic mass is 32.2. The van der Waals surface area contributed by atoms with E-state index in [2.05, 4.69) is 46.2 Å². The van der Waals surface area contributed by atoms with E-state index < -0.39 is 10.0 Å². The van der Waals surface area contributed by atoms with Gasteiger partial charge in [0.15, 0.2) is 5.16 Å². The summed E-state index contributed by atoms with van der Waals surface area (Å²) in [5.74, 6) is 0.401. The SMILES string of the molecule is CC(C)c1ccc(-n2cnnc2SCC(=O)NC(C)c2ccccc2NS(C)(=O)=O)cc1.